The van der Waals surface area contributed by atoms with Gasteiger partial charge in [0.1, 0.15) is 30.2 Å². The Morgan fingerprint density at radius 1 is 0.692 bits per heavy atom. The zero-order valence-corrected chi connectivity index (χ0v) is 52.8. The number of aromatic hydroxyl groups is 1. The van der Waals surface area contributed by atoms with Crippen LogP contribution in [-0.2, 0) is 46.5 Å². The Labute approximate surface area is 532 Å². The highest BCUT2D eigenvalue weighted by atomic mass is 16.5. The highest BCUT2D eigenvalue weighted by Crippen LogP contribution is 2.45. The van der Waals surface area contributed by atoms with E-state index in [9.17, 15) is 64.5 Å². The van der Waals surface area contributed by atoms with Gasteiger partial charge in [0.15, 0.2) is 11.5 Å². The van der Waals surface area contributed by atoms with Gasteiger partial charge in [-0.25, -0.2) is 0 Å². The maximum absolute atomic E-state index is 14.7. The second-order valence-electron chi connectivity index (χ2n) is 26.1. The standard InChI is InChI=1S/C66H96N10O15/c1-38-36-76-58(59(38)83)63(87)69-35-47(78)32-49(68-34-40-10-13-42(14-11-40)43-15-17-45(18-16-43)73-26-28-74(29-27-73)46-20-23-66(91-4,24-21-46)44-8-6-5-7-9-44)60(84)70-55(39(2)77)64(88)75-37-48(79)33-50(75)61(85)71-56(62(86)72-57(65(76)89)52(81)22-25-67)53(82)30-41-12-19-51(80)54(31-41)90-3/h10-19,31,38-39,44,46-50,52-53,55-59,68,77-83H,5-9,20-30,32-37,67H2,1-4H3,(H,69,87)(H,70,84)(H,71,85)(H,72,86)/t38-,39+,46?,47+,48+,49?,50-,52+,53+,55-,56-,57-,58-,59-,66?/m0/s1. The van der Waals surface area contributed by atoms with Crippen molar-refractivity contribution < 1.29 is 74.0 Å². The molecule has 0 spiro atoms. The molecule has 25 nitrogen and oxygen atoms in total. The highest BCUT2D eigenvalue weighted by molar-refractivity contribution is 5.98. The zero-order chi connectivity index (χ0) is 65.3. The number of aliphatic hydroxyl groups excluding tert-OH is 6. The van der Waals surface area contributed by atoms with Gasteiger partial charge in [0.25, 0.3) is 0 Å². The van der Waals surface area contributed by atoms with Gasteiger partial charge in [0.2, 0.25) is 35.4 Å². The first kappa shape index (κ1) is 68.8. The SMILES string of the molecule is COc1cc(C[C@@H](O)[C@@H]2NC(=O)[C@@H]3C[C@@H](O)CN3C(=O)[C@H]([C@@H](C)O)NC(=O)C(NCc3ccc(-c4ccc(N5CCN(C6CCC(OC)(C7CCCCC7)CC6)CC5)cc4)cc3)C[C@@H](O)CNC(=O)[C@@H]3[C@@H](O)[C@@H](C)CN3C(=O)[C@H]([C@H](O)CCN)NC2=O)ccc1O. The molecule has 13 atom stereocenters. The molecule has 3 aromatic carbocycles. The minimum atomic E-state index is -1.98. The number of hydrogen-bond donors (Lipinski definition) is 13. The summed E-state index contributed by atoms with van der Waals surface area (Å²) in [4.78, 5) is 94.3. The number of ether oxygens (including phenoxy) is 2. The lowest BCUT2D eigenvalue weighted by Crippen LogP contribution is -2.64. The fourth-order valence-corrected chi connectivity index (χ4v) is 14.6. The average molecular weight is 1270 g/mol. The molecule has 25 heteroatoms. The minimum absolute atomic E-state index is 0.0201. The lowest BCUT2D eigenvalue weighted by Gasteiger charge is -2.49. The van der Waals surface area contributed by atoms with Crippen molar-refractivity contribution >= 4 is 41.1 Å². The van der Waals surface area contributed by atoms with Gasteiger partial charge in [-0.05, 0) is 117 Å². The normalized spacial score (nSPS) is 30.9. The van der Waals surface area contributed by atoms with Gasteiger partial charge in [-0.3, -0.25) is 33.7 Å². The number of aliphatic hydroxyl groups is 6. The van der Waals surface area contributed by atoms with E-state index in [0.717, 1.165) is 71.2 Å². The Hall–Kier alpha value is -6.52. The molecule has 0 aromatic heterocycles. The molecule has 4 heterocycles. The fraction of sp³-hybridized carbons (Fsp3) is 0.636. The monoisotopic (exact) mass is 1270 g/mol. The number of carbonyl (C=O) groups excluding carboxylic acids is 6. The molecule has 4 saturated heterocycles. The number of carbonyl (C=O) groups is 6. The van der Waals surface area contributed by atoms with E-state index in [1.54, 1.807) is 6.92 Å². The predicted octanol–water partition coefficient (Wildman–Crippen LogP) is -0.245. The topological polar surface area (TPSA) is 362 Å². The Morgan fingerprint density at radius 2 is 1.32 bits per heavy atom. The number of nitrogens with zero attached hydrogens (tertiary/aromatic N) is 4. The van der Waals surface area contributed by atoms with Crippen LogP contribution in [0.4, 0.5) is 5.69 Å². The van der Waals surface area contributed by atoms with Crippen LogP contribution in [0.25, 0.3) is 11.1 Å². The van der Waals surface area contributed by atoms with E-state index in [0.29, 0.717) is 17.5 Å². The summed E-state index contributed by atoms with van der Waals surface area (Å²) in [5.74, 6) is -6.34. The summed E-state index contributed by atoms with van der Waals surface area (Å²) >= 11 is 0. The van der Waals surface area contributed by atoms with Crippen LogP contribution in [0.3, 0.4) is 0 Å². The molecule has 500 valence electrons. The smallest absolute Gasteiger partial charge is 0.248 e. The Bertz CT molecular complexity index is 2960. The molecular weight excluding hydrogens is 1170 g/mol. The van der Waals surface area contributed by atoms with E-state index in [1.807, 2.05) is 31.4 Å². The summed E-state index contributed by atoms with van der Waals surface area (Å²) in [6, 6.07) is 10.8. The third kappa shape index (κ3) is 16.3. The molecule has 6 amide bonds. The number of nitrogens with two attached hydrogens (primary N) is 1. The Kier molecular flexibility index (Phi) is 23.4. The first-order valence-corrected chi connectivity index (χ1v) is 32.5. The number of β-amino-alcohol motifs (C(OH)–C–C–N with tert-alkyl or cyclic N) is 1. The molecule has 14 N–H and O–H groups in total. The summed E-state index contributed by atoms with van der Waals surface area (Å²) in [7, 11) is 3.22. The van der Waals surface area contributed by atoms with Crippen molar-refractivity contribution in [1.82, 2.24) is 41.3 Å². The van der Waals surface area contributed by atoms with Gasteiger partial charge in [0.05, 0.1) is 55.4 Å². The van der Waals surface area contributed by atoms with E-state index >= 15 is 0 Å². The number of piperazine rings is 1. The predicted molar refractivity (Wildman–Crippen MR) is 337 cm³/mol. The average Bonchev–Trinajstić information content (AvgIpc) is 1.85. The molecule has 4 aliphatic heterocycles. The van der Waals surface area contributed by atoms with E-state index in [-0.39, 0.29) is 62.4 Å². The van der Waals surface area contributed by atoms with Crippen LogP contribution in [0.15, 0.2) is 66.7 Å². The van der Waals surface area contributed by atoms with Crippen molar-refractivity contribution in [2.75, 3.05) is 71.5 Å². The number of nitrogens with one attached hydrogen (secondary N) is 5. The summed E-state index contributed by atoms with van der Waals surface area (Å²) < 4.78 is 11.5. The number of rotatable bonds is 16. The quantitative estimate of drug-likeness (QED) is 0.0880. The van der Waals surface area contributed by atoms with Crippen molar-refractivity contribution in [3.8, 4) is 22.6 Å². The number of amides is 6. The van der Waals surface area contributed by atoms with Crippen molar-refractivity contribution in [3.63, 3.8) is 0 Å². The van der Waals surface area contributed by atoms with Crippen LogP contribution < -0.4 is 42.0 Å². The Balaban J connectivity index is 0.909. The number of fused-ring (bicyclic) bond motifs is 2. The van der Waals surface area contributed by atoms with E-state index in [4.69, 9.17) is 15.2 Å². The van der Waals surface area contributed by atoms with Gasteiger partial charge in [-0.2, -0.15) is 0 Å². The summed E-state index contributed by atoms with van der Waals surface area (Å²) in [5, 5.41) is 92.1. The summed E-state index contributed by atoms with van der Waals surface area (Å²) in [5.41, 5.74) is 10.0. The highest BCUT2D eigenvalue weighted by Gasteiger charge is 2.50. The van der Waals surface area contributed by atoms with Gasteiger partial charge >= 0.3 is 0 Å². The molecule has 3 aromatic rings. The third-order valence-corrected chi connectivity index (χ3v) is 20.1. The zero-order valence-electron chi connectivity index (χ0n) is 52.8. The van der Waals surface area contributed by atoms with Crippen LogP contribution >= 0.6 is 0 Å². The summed E-state index contributed by atoms with van der Waals surface area (Å²) in [6.45, 7) is 5.43. The van der Waals surface area contributed by atoms with E-state index in [2.05, 4.69) is 60.6 Å². The van der Waals surface area contributed by atoms with Crippen LogP contribution in [0.5, 0.6) is 11.5 Å². The van der Waals surface area contributed by atoms with E-state index < -0.39 is 127 Å². The van der Waals surface area contributed by atoms with Gasteiger partial charge in [0, 0.05) is 90.0 Å². The van der Waals surface area contributed by atoms with Crippen LogP contribution in [-0.4, -0.2) is 237 Å². The third-order valence-electron chi connectivity index (χ3n) is 20.1. The second kappa shape index (κ2) is 30.9. The first-order chi connectivity index (χ1) is 43.6. The number of anilines is 1. The fourth-order valence-electron chi connectivity index (χ4n) is 14.6. The van der Waals surface area contributed by atoms with Crippen LogP contribution in [0.2, 0.25) is 0 Å². The molecule has 0 radical (unpaired) electrons. The number of phenolic OH excluding ortho intramolecular Hbond substituents is 1. The second-order valence-corrected chi connectivity index (χ2v) is 26.1. The van der Waals surface area contributed by atoms with Gasteiger partial charge in [-0.15, -0.1) is 0 Å². The summed E-state index contributed by atoms with van der Waals surface area (Å²) in [6.07, 6.45) is 0.367. The molecule has 6 fully saturated rings. The van der Waals surface area contributed by atoms with E-state index in [1.165, 1.54) is 77.2 Å². The van der Waals surface area contributed by atoms with Crippen molar-refractivity contribution in [2.45, 2.75) is 188 Å². The largest absolute Gasteiger partial charge is 0.504 e. The number of hydrogen-bond acceptors (Lipinski definition) is 19. The number of benzene rings is 3. The van der Waals surface area contributed by atoms with Crippen LogP contribution in [0.1, 0.15) is 102 Å². The molecule has 1 unspecified atom stereocenters. The molecule has 0 bridgehead atoms. The molecule has 9 rings (SSSR count). The number of methoxy groups -OCH3 is 2. The first-order valence-electron chi connectivity index (χ1n) is 32.5. The van der Waals surface area contributed by atoms with Crippen LogP contribution in [0, 0.1) is 11.8 Å². The maximum Gasteiger partial charge on any atom is 0.248 e. The molecule has 6 aliphatic rings. The van der Waals surface area contributed by atoms with Gasteiger partial charge in [-0.1, -0.05) is 68.7 Å². The van der Waals surface area contributed by atoms with Crippen molar-refractivity contribution in [1.29, 1.82) is 0 Å². The lowest BCUT2D eigenvalue weighted by atomic mass is 9.68. The Morgan fingerprint density at radius 3 is 1.96 bits per heavy atom. The molecule has 91 heavy (non-hydrogen) atoms. The molecule has 2 aliphatic carbocycles. The lowest BCUT2D eigenvalue weighted by molar-refractivity contribution is -0.147. The minimum Gasteiger partial charge on any atom is -0.504 e. The van der Waals surface area contributed by atoms with Gasteiger partial charge < -0.3 is 92.2 Å². The molecule has 2 saturated carbocycles. The van der Waals surface area contributed by atoms with Crippen molar-refractivity contribution in [2.24, 2.45) is 17.6 Å². The molecular formula is C66H96N10O15. The van der Waals surface area contributed by atoms with Crippen molar-refractivity contribution in [3.05, 3.63) is 77.9 Å². The maximum atomic E-state index is 14.7. The number of phenols is 1.